The Labute approximate surface area is 388 Å². The van der Waals surface area contributed by atoms with E-state index < -0.39 is 35.7 Å². The van der Waals surface area contributed by atoms with E-state index in [1.165, 1.54) is 11.3 Å². The third kappa shape index (κ3) is 23.3. The zero-order chi connectivity index (χ0) is 47.7. The van der Waals surface area contributed by atoms with E-state index in [-0.39, 0.29) is 65.3 Å². The lowest BCUT2D eigenvalue weighted by atomic mass is 10.0. The summed E-state index contributed by atoms with van der Waals surface area (Å²) < 4.78 is 27.7. The molecule has 0 bridgehead atoms. The zero-order valence-electron chi connectivity index (χ0n) is 38.6. The van der Waals surface area contributed by atoms with E-state index in [0.717, 1.165) is 68.3 Å². The molecular weight excluding hydrogens is 855 g/mol. The van der Waals surface area contributed by atoms with Gasteiger partial charge in [0.05, 0.1) is 75.6 Å². The standard InChI is InChI=1S/C48H69N5O11S/c1-5-7-9-11-13-15-17-38(47(56)57)32-44(54)63-29-27-61-24-22-53(40-19-20-42(36(3)31-40)51-52-46-41(34-49)37(4)43(35-50)65-46)21-23-60-25-26-62-28-30-64-45(55)33-39(48(58)59)18-16-14-12-10-8-6-2/h13-16,19-20,31,38-39,51-52H,5-12,17-18,21-30,32-33H2,1-4H3,(H,56,57)(H,58,59)/b15-13+,16-14+. The number of carbonyl (C=O) groups is 4. The van der Waals surface area contributed by atoms with Gasteiger partial charge in [0.25, 0.3) is 0 Å². The fourth-order valence-electron chi connectivity index (χ4n) is 6.37. The van der Waals surface area contributed by atoms with Gasteiger partial charge in [0.2, 0.25) is 0 Å². The third-order valence-electron chi connectivity index (χ3n) is 10.3. The van der Waals surface area contributed by atoms with E-state index in [2.05, 4.69) is 41.7 Å². The number of carboxylic acids is 2. The molecule has 0 saturated heterocycles. The number of nitrogens with zero attached hydrogens (tertiary/aromatic N) is 3. The summed E-state index contributed by atoms with van der Waals surface area (Å²) in [5.41, 5.74) is 9.80. The highest BCUT2D eigenvalue weighted by Crippen LogP contribution is 2.32. The number of aryl methyl sites for hydroxylation is 1. The van der Waals surface area contributed by atoms with Crippen LogP contribution in [-0.4, -0.2) is 100 Å². The quantitative estimate of drug-likeness (QED) is 0.0215. The van der Waals surface area contributed by atoms with Crippen LogP contribution in [0.5, 0.6) is 0 Å². The molecule has 0 spiro atoms. The maximum atomic E-state index is 12.4. The molecule has 17 heteroatoms. The molecule has 2 atom stereocenters. The van der Waals surface area contributed by atoms with Gasteiger partial charge in [-0.2, -0.15) is 10.5 Å². The number of carboxylic acid groups (broad SMARTS) is 2. The number of ether oxygens (including phenoxy) is 5. The van der Waals surface area contributed by atoms with Gasteiger partial charge in [0.1, 0.15) is 35.2 Å². The minimum Gasteiger partial charge on any atom is -0.481 e. The number of aliphatic carboxylic acids is 2. The van der Waals surface area contributed by atoms with E-state index in [1.54, 1.807) is 6.92 Å². The average molecular weight is 924 g/mol. The van der Waals surface area contributed by atoms with Gasteiger partial charge in [0, 0.05) is 18.8 Å². The highest BCUT2D eigenvalue weighted by Gasteiger charge is 2.22. The Bertz CT molecular complexity index is 1890. The van der Waals surface area contributed by atoms with Gasteiger partial charge >= 0.3 is 23.9 Å². The molecule has 1 heterocycles. The van der Waals surface area contributed by atoms with Gasteiger partial charge in [-0.3, -0.25) is 30.0 Å². The minimum atomic E-state index is -1.04. The Morgan fingerprint density at radius 2 is 1.22 bits per heavy atom. The van der Waals surface area contributed by atoms with E-state index >= 15 is 0 Å². The first-order valence-corrected chi connectivity index (χ1v) is 23.4. The van der Waals surface area contributed by atoms with Gasteiger partial charge < -0.3 is 38.8 Å². The molecule has 0 amide bonds. The van der Waals surface area contributed by atoms with Crippen molar-refractivity contribution in [2.45, 2.75) is 105 Å². The van der Waals surface area contributed by atoms with Crippen molar-refractivity contribution in [3.05, 3.63) is 64.1 Å². The molecule has 0 aliphatic heterocycles. The Morgan fingerprint density at radius 1 is 0.708 bits per heavy atom. The Balaban J connectivity index is 1.87. The van der Waals surface area contributed by atoms with Crippen molar-refractivity contribution in [1.29, 1.82) is 10.5 Å². The molecule has 2 aromatic rings. The van der Waals surface area contributed by atoms with E-state index in [1.807, 2.05) is 49.4 Å². The number of hydrazine groups is 1. The van der Waals surface area contributed by atoms with E-state index in [4.69, 9.17) is 23.7 Å². The summed E-state index contributed by atoms with van der Waals surface area (Å²) in [6, 6.07) is 10.1. The van der Waals surface area contributed by atoms with Crippen molar-refractivity contribution < 1.29 is 53.1 Å². The monoisotopic (exact) mass is 923 g/mol. The minimum absolute atomic E-state index is 0.00219. The summed E-state index contributed by atoms with van der Waals surface area (Å²) in [5, 5.41) is 38.7. The molecule has 0 saturated carbocycles. The van der Waals surface area contributed by atoms with Crippen LogP contribution in [0.1, 0.15) is 112 Å². The number of unbranched alkanes of at least 4 members (excludes halogenated alkanes) is 6. The topological polar surface area (TPSA) is 230 Å². The lowest BCUT2D eigenvalue weighted by Crippen LogP contribution is -2.32. The number of rotatable bonds is 37. The Morgan fingerprint density at radius 3 is 1.68 bits per heavy atom. The number of hydrogen-bond acceptors (Lipinski definition) is 15. The molecule has 4 N–H and O–H groups in total. The molecule has 1 aromatic carbocycles. The number of nitrogens with one attached hydrogen (secondary N) is 2. The van der Waals surface area contributed by atoms with E-state index in [0.29, 0.717) is 47.3 Å². The third-order valence-corrected chi connectivity index (χ3v) is 11.4. The summed E-state index contributed by atoms with van der Waals surface area (Å²) in [4.78, 5) is 50.5. The molecule has 0 fully saturated rings. The first-order chi connectivity index (χ1) is 31.4. The fraction of sp³-hybridized carbons (Fsp3) is 0.583. The summed E-state index contributed by atoms with van der Waals surface area (Å²) in [7, 11) is 0. The van der Waals surface area contributed by atoms with Crippen LogP contribution in [0, 0.1) is 48.3 Å². The lowest BCUT2D eigenvalue weighted by Gasteiger charge is -2.26. The predicted octanol–water partition coefficient (Wildman–Crippen LogP) is 8.72. The number of allylic oxidation sites excluding steroid dienone is 4. The van der Waals surface area contributed by atoms with Crippen LogP contribution in [0.4, 0.5) is 16.4 Å². The molecule has 0 radical (unpaired) electrons. The second-order valence-corrected chi connectivity index (χ2v) is 16.4. The second kappa shape index (κ2) is 34.0. The van der Waals surface area contributed by atoms with Gasteiger partial charge in [-0.15, -0.1) is 11.3 Å². The van der Waals surface area contributed by atoms with Gasteiger partial charge in [-0.25, -0.2) is 0 Å². The molecule has 0 aliphatic rings. The number of esters is 2. The molecule has 2 rings (SSSR count). The second-order valence-electron chi connectivity index (χ2n) is 15.4. The summed E-state index contributed by atoms with van der Waals surface area (Å²) in [6.45, 7) is 10.3. The number of thiophene rings is 1. The van der Waals surface area contributed by atoms with Gasteiger partial charge in [-0.05, 0) is 81.7 Å². The lowest BCUT2D eigenvalue weighted by molar-refractivity contribution is -0.152. The normalized spacial score (nSPS) is 12.1. The van der Waals surface area contributed by atoms with Crippen LogP contribution >= 0.6 is 11.3 Å². The first-order valence-electron chi connectivity index (χ1n) is 22.6. The molecule has 1 aromatic heterocycles. The summed E-state index contributed by atoms with van der Waals surface area (Å²) in [6.07, 6.45) is 16.0. The van der Waals surface area contributed by atoms with Crippen LogP contribution < -0.4 is 15.8 Å². The smallest absolute Gasteiger partial charge is 0.307 e. The fourth-order valence-corrected chi connectivity index (χ4v) is 7.28. The van der Waals surface area contributed by atoms with Crippen molar-refractivity contribution in [2.75, 3.05) is 81.7 Å². The highest BCUT2D eigenvalue weighted by atomic mass is 32.1. The van der Waals surface area contributed by atoms with Crippen LogP contribution in [0.3, 0.4) is 0 Å². The van der Waals surface area contributed by atoms with Crippen LogP contribution in [-0.2, 0) is 42.9 Å². The summed E-state index contributed by atoms with van der Waals surface area (Å²) in [5.74, 6) is -4.94. The van der Waals surface area contributed by atoms with E-state index in [9.17, 15) is 39.9 Å². The largest absolute Gasteiger partial charge is 0.481 e. The Hall–Kier alpha value is -5.46. The molecule has 2 unspecified atom stereocenters. The van der Waals surface area contributed by atoms with Crippen molar-refractivity contribution >= 4 is 51.6 Å². The maximum Gasteiger partial charge on any atom is 0.307 e. The number of anilines is 3. The molecule has 0 aliphatic carbocycles. The number of hydrogen-bond donors (Lipinski definition) is 4. The first kappa shape index (κ1) is 55.7. The van der Waals surface area contributed by atoms with Crippen molar-refractivity contribution in [3.8, 4) is 12.1 Å². The van der Waals surface area contributed by atoms with Crippen molar-refractivity contribution in [2.24, 2.45) is 11.8 Å². The molecule has 358 valence electrons. The van der Waals surface area contributed by atoms with Crippen molar-refractivity contribution in [3.63, 3.8) is 0 Å². The summed E-state index contributed by atoms with van der Waals surface area (Å²) >= 11 is 1.20. The van der Waals surface area contributed by atoms with Crippen LogP contribution in [0.2, 0.25) is 0 Å². The molecule has 16 nitrogen and oxygen atoms in total. The average Bonchev–Trinajstić information content (AvgIpc) is 3.60. The number of carbonyl (C=O) groups excluding carboxylic acids is 2. The SMILES string of the molecule is CCCCC/C=C/CC(CC(=O)OCCOCCOCCN(CCOCCOC(=O)CC(C/C=C/CCCCC)C(=O)O)c1ccc(NNc2sc(C#N)c(C)c2C#N)c(C)c1)C(=O)O. The Kier molecular flexibility index (Phi) is 29.1. The maximum absolute atomic E-state index is 12.4. The van der Waals surface area contributed by atoms with Crippen LogP contribution in [0.15, 0.2) is 42.5 Å². The number of benzene rings is 1. The molecule has 65 heavy (non-hydrogen) atoms. The van der Waals surface area contributed by atoms with Crippen molar-refractivity contribution in [1.82, 2.24) is 0 Å². The number of nitriles is 2. The van der Waals surface area contributed by atoms with Gasteiger partial charge in [-0.1, -0.05) is 63.8 Å². The predicted molar refractivity (Wildman–Crippen MR) is 251 cm³/mol. The highest BCUT2D eigenvalue weighted by molar-refractivity contribution is 7.17. The zero-order valence-corrected chi connectivity index (χ0v) is 39.4. The molecular formula is C48H69N5O11S. The van der Waals surface area contributed by atoms with Crippen LogP contribution in [0.25, 0.3) is 0 Å². The van der Waals surface area contributed by atoms with Gasteiger partial charge in [0.15, 0.2) is 0 Å².